The summed E-state index contributed by atoms with van der Waals surface area (Å²) in [6, 6.07) is 15.8. The first-order valence-electron chi connectivity index (χ1n) is 12.4. The van der Waals surface area contributed by atoms with Gasteiger partial charge in [-0.25, -0.2) is 4.79 Å². The number of carboxylic acids is 1. The Morgan fingerprint density at radius 3 is 2.23 bits per heavy atom. The van der Waals surface area contributed by atoms with Gasteiger partial charge >= 0.3 is 12.1 Å². The smallest absolute Gasteiger partial charge is 0.407 e. The van der Waals surface area contributed by atoms with Gasteiger partial charge in [0.05, 0.1) is 17.4 Å². The number of carbonyl (C=O) groups is 3. The molecule has 2 aliphatic carbocycles. The van der Waals surface area contributed by atoms with E-state index in [4.69, 9.17) is 4.74 Å². The lowest BCUT2D eigenvalue weighted by Gasteiger charge is -2.41. The second kappa shape index (κ2) is 10.1. The molecular formula is C28H34N2O5. The van der Waals surface area contributed by atoms with E-state index < -0.39 is 35.5 Å². The number of fused-ring (bicyclic) bond motifs is 3. The Hall–Kier alpha value is -3.35. The van der Waals surface area contributed by atoms with Gasteiger partial charge < -0.3 is 20.5 Å². The minimum atomic E-state index is -0.957. The zero-order valence-electron chi connectivity index (χ0n) is 20.5. The van der Waals surface area contributed by atoms with Crippen molar-refractivity contribution in [2.24, 2.45) is 11.8 Å². The van der Waals surface area contributed by atoms with Gasteiger partial charge in [-0.05, 0) is 55.9 Å². The van der Waals surface area contributed by atoms with Crippen LogP contribution in [0, 0.1) is 11.8 Å². The lowest BCUT2D eigenvalue weighted by Crippen LogP contribution is -2.58. The van der Waals surface area contributed by atoms with Crippen molar-refractivity contribution in [1.82, 2.24) is 10.6 Å². The fraction of sp³-hybridized carbons (Fsp3) is 0.464. The van der Waals surface area contributed by atoms with Gasteiger partial charge in [-0.1, -0.05) is 61.4 Å². The van der Waals surface area contributed by atoms with E-state index in [2.05, 4.69) is 34.9 Å². The second-order valence-electron chi connectivity index (χ2n) is 10.1. The van der Waals surface area contributed by atoms with E-state index in [1.54, 1.807) is 13.8 Å². The first-order valence-corrected chi connectivity index (χ1v) is 12.4. The Balaban J connectivity index is 1.42. The van der Waals surface area contributed by atoms with Crippen LogP contribution in [0.2, 0.25) is 0 Å². The third kappa shape index (κ3) is 5.04. The number of rotatable bonds is 7. The first kappa shape index (κ1) is 24.8. The second-order valence-corrected chi connectivity index (χ2v) is 10.1. The molecule has 1 saturated carbocycles. The van der Waals surface area contributed by atoms with Crippen molar-refractivity contribution in [1.29, 1.82) is 0 Å². The number of ether oxygens (including phenoxy) is 1. The number of benzene rings is 2. The maximum absolute atomic E-state index is 13.1. The summed E-state index contributed by atoms with van der Waals surface area (Å²) < 4.78 is 5.73. The van der Waals surface area contributed by atoms with Crippen LogP contribution in [0.1, 0.15) is 63.5 Å². The third-order valence-electron chi connectivity index (χ3n) is 7.77. The molecule has 186 valence electrons. The maximum Gasteiger partial charge on any atom is 0.407 e. The molecule has 7 heteroatoms. The Labute approximate surface area is 206 Å². The van der Waals surface area contributed by atoms with Gasteiger partial charge in [0.1, 0.15) is 6.61 Å². The SMILES string of the molecule is CC(NC(=O)C1CCCCC1(C)NC(=O)OCC1c2ccccc2-c2ccccc21)C(C)C(=O)O. The highest BCUT2D eigenvalue weighted by Crippen LogP contribution is 2.44. The number of carbonyl (C=O) groups excluding carboxylic acids is 2. The van der Waals surface area contributed by atoms with E-state index in [9.17, 15) is 19.5 Å². The summed E-state index contributed by atoms with van der Waals surface area (Å²) in [5.41, 5.74) is 3.85. The van der Waals surface area contributed by atoms with Crippen LogP contribution >= 0.6 is 0 Å². The van der Waals surface area contributed by atoms with E-state index in [1.807, 2.05) is 31.2 Å². The van der Waals surface area contributed by atoms with Crippen molar-refractivity contribution < 1.29 is 24.2 Å². The van der Waals surface area contributed by atoms with Crippen molar-refractivity contribution in [2.75, 3.05) is 6.61 Å². The standard InChI is InChI=1S/C28H34N2O5/c1-17(26(32)33)18(2)29-25(31)24-14-8-9-15-28(24,3)30-27(34)35-16-23-21-12-6-4-10-19(21)20-11-5-7-13-22(20)23/h4-7,10-13,17-18,23-24H,8-9,14-16H2,1-3H3,(H,29,31)(H,30,34)(H,32,33). The molecule has 0 spiro atoms. The van der Waals surface area contributed by atoms with Crippen LogP contribution in [-0.4, -0.2) is 41.3 Å². The number of alkyl carbamates (subject to hydrolysis) is 1. The zero-order chi connectivity index (χ0) is 25.2. The van der Waals surface area contributed by atoms with Crippen LogP contribution in [0.25, 0.3) is 11.1 Å². The van der Waals surface area contributed by atoms with Crippen LogP contribution < -0.4 is 10.6 Å². The van der Waals surface area contributed by atoms with E-state index >= 15 is 0 Å². The number of nitrogens with one attached hydrogen (secondary N) is 2. The van der Waals surface area contributed by atoms with Gasteiger partial charge in [-0.2, -0.15) is 0 Å². The Morgan fingerprint density at radius 1 is 1.03 bits per heavy atom. The summed E-state index contributed by atoms with van der Waals surface area (Å²) in [6.07, 6.45) is 2.51. The molecule has 2 aromatic carbocycles. The zero-order valence-corrected chi connectivity index (χ0v) is 20.5. The monoisotopic (exact) mass is 478 g/mol. The Morgan fingerprint density at radius 2 is 1.63 bits per heavy atom. The molecule has 4 rings (SSSR count). The van der Waals surface area contributed by atoms with Crippen molar-refractivity contribution >= 4 is 18.0 Å². The van der Waals surface area contributed by atoms with Gasteiger partial charge in [-0.3, -0.25) is 9.59 Å². The van der Waals surface area contributed by atoms with Crippen molar-refractivity contribution in [3.63, 3.8) is 0 Å². The first-order chi connectivity index (χ1) is 16.7. The average molecular weight is 479 g/mol. The molecule has 7 nitrogen and oxygen atoms in total. The molecule has 2 amide bonds. The van der Waals surface area contributed by atoms with E-state index in [0.717, 1.165) is 35.1 Å². The van der Waals surface area contributed by atoms with Crippen molar-refractivity contribution in [3.05, 3.63) is 59.7 Å². The van der Waals surface area contributed by atoms with Gasteiger partial charge in [0, 0.05) is 12.0 Å². The van der Waals surface area contributed by atoms with Crippen LogP contribution in [0.5, 0.6) is 0 Å². The molecule has 0 saturated heterocycles. The molecule has 4 atom stereocenters. The highest BCUT2D eigenvalue weighted by Gasteiger charge is 2.43. The number of hydrogen-bond donors (Lipinski definition) is 3. The maximum atomic E-state index is 13.1. The lowest BCUT2D eigenvalue weighted by molar-refractivity contribution is -0.142. The summed E-state index contributed by atoms with van der Waals surface area (Å²) in [7, 11) is 0. The predicted molar refractivity (Wildman–Crippen MR) is 133 cm³/mol. The molecular weight excluding hydrogens is 444 g/mol. The number of amides is 2. The quantitative estimate of drug-likeness (QED) is 0.535. The normalized spacial score (nSPS) is 22.9. The molecule has 1 fully saturated rings. The average Bonchev–Trinajstić information content (AvgIpc) is 3.15. The number of carboxylic acid groups (broad SMARTS) is 1. The Bertz CT molecular complexity index is 1070. The fourth-order valence-corrected chi connectivity index (χ4v) is 5.44. The summed E-state index contributed by atoms with van der Waals surface area (Å²) in [5, 5.41) is 15.1. The minimum absolute atomic E-state index is 0.0373. The highest BCUT2D eigenvalue weighted by molar-refractivity contribution is 5.83. The summed E-state index contributed by atoms with van der Waals surface area (Å²) in [5.74, 6) is -2.39. The minimum Gasteiger partial charge on any atom is -0.481 e. The number of hydrogen-bond acceptors (Lipinski definition) is 4. The van der Waals surface area contributed by atoms with E-state index in [-0.39, 0.29) is 18.4 Å². The molecule has 3 N–H and O–H groups in total. The summed E-state index contributed by atoms with van der Waals surface area (Å²) in [4.78, 5) is 37.3. The van der Waals surface area contributed by atoms with Crippen LogP contribution in [0.3, 0.4) is 0 Å². The molecule has 35 heavy (non-hydrogen) atoms. The van der Waals surface area contributed by atoms with Crippen LogP contribution in [-0.2, 0) is 14.3 Å². The molecule has 0 heterocycles. The summed E-state index contributed by atoms with van der Waals surface area (Å²) in [6.45, 7) is 5.35. The molecule has 2 aromatic rings. The van der Waals surface area contributed by atoms with Gasteiger partial charge in [0.15, 0.2) is 0 Å². The predicted octanol–water partition coefficient (Wildman–Crippen LogP) is 4.70. The molecule has 0 radical (unpaired) electrons. The van der Waals surface area contributed by atoms with E-state index in [1.165, 1.54) is 0 Å². The fourth-order valence-electron chi connectivity index (χ4n) is 5.44. The Kier molecular flexibility index (Phi) is 7.15. The van der Waals surface area contributed by atoms with Gasteiger partial charge in [0.2, 0.25) is 5.91 Å². The van der Waals surface area contributed by atoms with Crippen molar-refractivity contribution in [2.45, 2.75) is 64.0 Å². The molecule has 0 aliphatic heterocycles. The van der Waals surface area contributed by atoms with Gasteiger partial charge in [-0.15, -0.1) is 0 Å². The van der Waals surface area contributed by atoms with Crippen LogP contribution in [0.15, 0.2) is 48.5 Å². The largest absolute Gasteiger partial charge is 0.481 e. The molecule has 0 bridgehead atoms. The highest BCUT2D eigenvalue weighted by atomic mass is 16.5. The van der Waals surface area contributed by atoms with Crippen LogP contribution in [0.4, 0.5) is 4.79 Å². The lowest BCUT2D eigenvalue weighted by atomic mass is 9.73. The van der Waals surface area contributed by atoms with Crippen molar-refractivity contribution in [3.8, 4) is 11.1 Å². The topological polar surface area (TPSA) is 105 Å². The molecule has 0 aromatic heterocycles. The van der Waals surface area contributed by atoms with Gasteiger partial charge in [0.25, 0.3) is 0 Å². The van der Waals surface area contributed by atoms with E-state index in [0.29, 0.717) is 12.8 Å². The molecule has 4 unspecified atom stereocenters. The number of aliphatic carboxylic acids is 1. The molecule has 2 aliphatic rings. The summed E-state index contributed by atoms with van der Waals surface area (Å²) >= 11 is 0. The third-order valence-corrected chi connectivity index (χ3v) is 7.77.